The number of unbranched alkanes of at least 4 members (excludes halogenated alkanes) is 1. The fourth-order valence-electron chi connectivity index (χ4n) is 3.13. The Balaban J connectivity index is 2.03. The number of amides is 2. The number of nitrogens with one attached hydrogen (secondary N) is 2. The summed E-state index contributed by atoms with van der Waals surface area (Å²) in [6.45, 7) is 7.11. The van der Waals surface area contributed by atoms with Gasteiger partial charge in [0.1, 0.15) is 11.3 Å². The second kappa shape index (κ2) is 9.06. The third kappa shape index (κ3) is 4.44. The van der Waals surface area contributed by atoms with Crippen molar-refractivity contribution in [1.29, 1.82) is 0 Å². The van der Waals surface area contributed by atoms with Gasteiger partial charge in [0.25, 0.3) is 0 Å². The monoisotopic (exact) mass is 399 g/mol. The Morgan fingerprint density at radius 1 is 1.21 bits per heavy atom. The van der Waals surface area contributed by atoms with Crippen molar-refractivity contribution in [2.75, 3.05) is 11.9 Å². The maximum Gasteiger partial charge on any atom is 0.319 e. The third-order valence-corrected chi connectivity index (χ3v) is 4.98. The highest BCUT2D eigenvalue weighted by molar-refractivity contribution is 6.31. The van der Waals surface area contributed by atoms with Gasteiger partial charge in [-0.3, -0.25) is 0 Å². The zero-order chi connectivity index (χ0) is 20.1. The number of pyridine rings is 1. The number of imidazole rings is 1. The number of aromatic nitrogens is 3. The summed E-state index contributed by atoms with van der Waals surface area (Å²) >= 11 is 6.38. The molecule has 148 valence electrons. The summed E-state index contributed by atoms with van der Waals surface area (Å²) in [6.07, 6.45) is 3.01. The van der Waals surface area contributed by atoms with Crippen molar-refractivity contribution in [1.82, 2.24) is 19.9 Å². The average molecular weight is 400 g/mol. The van der Waals surface area contributed by atoms with Crippen LogP contribution in [0.25, 0.3) is 11.2 Å². The van der Waals surface area contributed by atoms with Crippen molar-refractivity contribution >= 4 is 34.5 Å². The van der Waals surface area contributed by atoms with E-state index >= 15 is 0 Å². The van der Waals surface area contributed by atoms with E-state index in [2.05, 4.69) is 22.1 Å². The fourth-order valence-corrected chi connectivity index (χ4v) is 3.32. The van der Waals surface area contributed by atoms with Crippen LogP contribution in [-0.2, 0) is 13.0 Å². The summed E-state index contributed by atoms with van der Waals surface area (Å²) < 4.78 is 2.13. The van der Waals surface area contributed by atoms with Gasteiger partial charge in [-0.25, -0.2) is 14.8 Å². The van der Waals surface area contributed by atoms with E-state index in [1.54, 1.807) is 0 Å². The van der Waals surface area contributed by atoms with E-state index in [0.717, 1.165) is 52.5 Å². The summed E-state index contributed by atoms with van der Waals surface area (Å²) in [5.41, 5.74) is 4.04. The molecule has 0 bridgehead atoms. The van der Waals surface area contributed by atoms with Crippen LogP contribution in [0.2, 0.25) is 5.02 Å². The van der Waals surface area contributed by atoms with Crippen LogP contribution in [0, 0.1) is 6.92 Å². The van der Waals surface area contributed by atoms with E-state index in [1.165, 1.54) is 0 Å². The lowest BCUT2D eigenvalue weighted by molar-refractivity contribution is 0.252. The fraction of sp³-hybridized carbons (Fsp3) is 0.381. The van der Waals surface area contributed by atoms with Crippen LogP contribution in [-0.4, -0.2) is 27.1 Å². The molecule has 1 aromatic carbocycles. The molecule has 0 aliphatic rings. The van der Waals surface area contributed by atoms with E-state index in [0.29, 0.717) is 18.8 Å². The van der Waals surface area contributed by atoms with Gasteiger partial charge in [0.05, 0.1) is 17.9 Å². The van der Waals surface area contributed by atoms with Gasteiger partial charge in [-0.2, -0.15) is 0 Å². The number of hydrogen-bond donors (Lipinski definition) is 2. The Kier molecular flexibility index (Phi) is 6.52. The number of carbonyl (C=O) groups excluding carboxylic acids is 1. The zero-order valence-electron chi connectivity index (χ0n) is 16.6. The molecule has 0 atom stereocenters. The molecule has 0 saturated carbocycles. The lowest BCUT2D eigenvalue weighted by Crippen LogP contribution is -2.28. The van der Waals surface area contributed by atoms with E-state index in [9.17, 15) is 4.79 Å². The van der Waals surface area contributed by atoms with Gasteiger partial charge in [0.2, 0.25) is 0 Å². The molecule has 2 heterocycles. The van der Waals surface area contributed by atoms with Gasteiger partial charge in [-0.05, 0) is 38.0 Å². The number of carbonyl (C=O) groups is 1. The first-order valence-electron chi connectivity index (χ1n) is 9.68. The summed E-state index contributed by atoms with van der Waals surface area (Å²) in [7, 11) is 0. The molecule has 0 aliphatic carbocycles. The predicted octanol–water partition coefficient (Wildman–Crippen LogP) is 4.93. The van der Waals surface area contributed by atoms with Crippen LogP contribution in [0.1, 0.15) is 43.8 Å². The number of halogens is 1. The van der Waals surface area contributed by atoms with Crippen LogP contribution in [0.5, 0.6) is 0 Å². The van der Waals surface area contributed by atoms with Gasteiger partial charge >= 0.3 is 6.03 Å². The molecule has 0 aliphatic heterocycles. The number of nitrogens with zero attached hydrogens (tertiary/aromatic N) is 3. The Hall–Kier alpha value is -2.60. The number of rotatable bonds is 7. The average Bonchev–Trinajstić information content (AvgIpc) is 2.99. The molecular formula is C21H26ClN5O. The van der Waals surface area contributed by atoms with Gasteiger partial charge in [-0.1, -0.05) is 43.1 Å². The second-order valence-electron chi connectivity index (χ2n) is 6.76. The van der Waals surface area contributed by atoms with E-state index in [1.807, 2.05) is 44.2 Å². The molecular weight excluding hydrogens is 374 g/mol. The third-order valence-electron chi connectivity index (χ3n) is 4.62. The van der Waals surface area contributed by atoms with Crippen molar-refractivity contribution in [2.24, 2.45) is 0 Å². The molecule has 0 saturated heterocycles. The Morgan fingerprint density at radius 3 is 2.71 bits per heavy atom. The number of benzene rings is 1. The molecule has 0 unspecified atom stereocenters. The first-order valence-corrected chi connectivity index (χ1v) is 10.1. The minimum atomic E-state index is -0.242. The van der Waals surface area contributed by atoms with E-state index < -0.39 is 0 Å². The second-order valence-corrected chi connectivity index (χ2v) is 7.16. The van der Waals surface area contributed by atoms with Gasteiger partial charge in [0, 0.05) is 18.0 Å². The molecule has 2 amide bonds. The lowest BCUT2D eigenvalue weighted by atomic mass is 10.2. The Labute approximate surface area is 170 Å². The highest BCUT2D eigenvalue weighted by atomic mass is 35.5. The normalized spacial score (nSPS) is 11.0. The standard InChI is InChI=1S/C21H26ClN5O/c1-4-6-11-19-25-18-12-17(26-21(28)23-5-2)14(3)24-20(18)27(19)13-15-9-7-8-10-16(15)22/h7-10,12H,4-6,11,13H2,1-3H3,(H2,23,26,28). The smallest absolute Gasteiger partial charge is 0.319 e. The largest absolute Gasteiger partial charge is 0.338 e. The van der Waals surface area contributed by atoms with Gasteiger partial charge < -0.3 is 15.2 Å². The number of urea groups is 1. The predicted molar refractivity (Wildman–Crippen MR) is 114 cm³/mol. The zero-order valence-corrected chi connectivity index (χ0v) is 17.3. The molecule has 0 radical (unpaired) electrons. The first-order chi connectivity index (χ1) is 13.5. The van der Waals surface area contributed by atoms with E-state index in [-0.39, 0.29) is 6.03 Å². The molecule has 6 nitrogen and oxygen atoms in total. The molecule has 28 heavy (non-hydrogen) atoms. The van der Waals surface area contributed by atoms with Crippen LogP contribution >= 0.6 is 11.6 Å². The molecule has 7 heteroatoms. The first kappa shape index (κ1) is 20.1. The Morgan fingerprint density at radius 2 is 2.00 bits per heavy atom. The maximum atomic E-state index is 11.9. The van der Waals surface area contributed by atoms with Crippen LogP contribution < -0.4 is 10.6 Å². The van der Waals surface area contributed by atoms with Crippen molar-refractivity contribution in [2.45, 2.75) is 46.6 Å². The summed E-state index contributed by atoms with van der Waals surface area (Å²) in [5, 5.41) is 6.32. The number of anilines is 1. The number of aryl methyl sites for hydroxylation is 2. The SMILES string of the molecule is CCCCc1nc2cc(NC(=O)NCC)c(C)nc2n1Cc1ccccc1Cl. The summed E-state index contributed by atoms with van der Waals surface area (Å²) in [6, 6.07) is 9.49. The quantitative estimate of drug-likeness (QED) is 0.591. The van der Waals surface area contributed by atoms with Crippen molar-refractivity contribution in [3.05, 3.63) is 52.4 Å². The lowest BCUT2D eigenvalue weighted by Gasteiger charge is -2.11. The minimum absolute atomic E-state index is 0.242. The van der Waals surface area contributed by atoms with Crippen molar-refractivity contribution in [3.8, 4) is 0 Å². The molecule has 3 aromatic rings. The minimum Gasteiger partial charge on any atom is -0.338 e. The molecule has 2 N–H and O–H groups in total. The number of hydrogen-bond acceptors (Lipinski definition) is 3. The number of fused-ring (bicyclic) bond motifs is 1. The van der Waals surface area contributed by atoms with Crippen molar-refractivity contribution < 1.29 is 4.79 Å². The molecule has 0 fully saturated rings. The van der Waals surface area contributed by atoms with E-state index in [4.69, 9.17) is 21.6 Å². The molecule has 3 rings (SSSR count). The molecule has 0 spiro atoms. The maximum absolute atomic E-state index is 11.9. The summed E-state index contributed by atoms with van der Waals surface area (Å²) in [5.74, 6) is 0.985. The Bertz CT molecular complexity index is 982. The van der Waals surface area contributed by atoms with Crippen LogP contribution in [0.4, 0.5) is 10.5 Å². The van der Waals surface area contributed by atoms with Crippen molar-refractivity contribution in [3.63, 3.8) is 0 Å². The molecule has 2 aromatic heterocycles. The highest BCUT2D eigenvalue weighted by Gasteiger charge is 2.16. The topological polar surface area (TPSA) is 71.8 Å². The highest BCUT2D eigenvalue weighted by Crippen LogP contribution is 2.25. The van der Waals surface area contributed by atoms with Gasteiger partial charge in [-0.15, -0.1) is 0 Å². The van der Waals surface area contributed by atoms with Gasteiger partial charge in [0.15, 0.2) is 5.65 Å². The summed E-state index contributed by atoms with van der Waals surface area (Å²) in [4.78, 5) is 21.5. The van der Waals surface area contributed by atoms with Crippen LogP contribution in [0.15, 0.2) is 30.3 Å². The van der Waals surface area contributed by atoms with Crippen LogP contribution in [0.3, 0.4) is 0 Å².